The molecule has 0 saturated carbocycles. The van der Waals surface area contributed by atoms with Crippen molar-refractivity contribution >= 4 is 38.9 Å². The van der Waals surface area contributed by atoms with E-state index in [2.05, 4.69) is 14.5 Å². The third kappa shape index (κ3) is 3.86. The van der Waals surface area contributed by atoms with Gasteiger partial charge < -0.3 is 16.6 Å². The smallest absolute Gasteiger partial charge is 0.449 e. The van der Waals surface area contributed by atoms with Gasteiger partial charge in [-0.05, 0) is 20.6 Å². The Kier molecular flexibility index (Phi) is 4.94. The van der Waals surface area contributed by atoms with Crippen molar-refractivity contribution in [3.8, 4) is 5.75 Å². The number of nitro benzene ring substituents is 1. The summed E-state index contributed by atoms with van der Waals surface area (Å²) in [6, 6.07) is 5.19. The van der Waals surface area contributed by atoms with Crippen LogP contribution in [0.5, 0.6) is 5.75 Å². The molecule has 0 aliphatic heterocycles. The van der Waals surface area contributed by atoms with Gasteiger partial charge in [-0.15, -0.1) is 10.2 Å². The van der Waals surface area contributed by atoms with Gasteiger partial charge in [-0.2, -0.15) is 5.90 Å². The van der Waals surface area contributed by atoms with Crippen LogP contribution in [-0.4, -0.2) is 10.0 Å². The van der Waals surface area contributed by atoms with E-state index in [-0.39, 0.29) is 34.2 Å². The zero-order valence-corrected chi connectivity index (χ0v) is 13.2. The van der Waals surface area contributed by atoms with Gasteiger partial charge >= 0.3 is 10.5 Å². The van der Waals surface area contributed by atoms with E-state index in [0.717, 1.165) is 30.3 Å². The summed E-state index contributed by atoms with van der Waals surface area (Å²) in [5.41, 5.74) is 10.3. The molecule has 0 saturated heterocycles. The molecule has 0 spiro atoms. The number of non-ortho nitro benzene ring substituents is 1. The van der Waals surface area contributed by atoms with Gasteiger partial charge in [-0.25, -0.2) is 0 Å². The maximum absolute atomic E-state index is 11.7. The molecule has 131 valence electrons. The minimum absolute atomic E-state index is 0.0258. The molecule has 12 nitrogen and oxygen atoms in total. The fourth-order valence-corrected chi connectivity index (χ4v) is 2.48. The predicted octanol–water partition coefficient (Wildman–Crippen LogP) is 1.89. The van der Waals surface area contributed by atoms with Gasteiger partial charge in [0.15, 0.2) is 0 Å². The van der Waals surface area contributed by atoms with Crippen LogP contribution >= 0.6 is 0 Å². The minimum Gasteiger partial charge on any atom is -0.506 e. The highest BCUT2D eigenvalue weighted by atomic mass is 32.3. The number of phenols is 1. The lowest BCUT2D eigenvalue weighted by Gasteiger charge is -2.04. The zero-order chi connectivity index (χ0) is 18.8. The van der Waals surface area contributed by atoms with Gasteiger partial charge in [-0.3, -0.25) is 10.1 Å². The highest BCUT2D eigenvalue weighted by Gasteiger charge is 2.37. The predicted molar refractivity (Wildman–Crippen MR) is 86.5 cm³/mol. The van der Waals surface area contributed by atoms with Crippen molar-refractivity contribution in [3.05, 3.63) is 40.4 Å². The number of aromatic hydroxyl groups is 1. The summed E-state index contributed by atoms with van der Waals surface area (Å²) >= 11 is 0. The Morgan fingerprint density at radius 2 is 1.76 bits per heavy atom. The summed E-state index contributed by atoms with van der Waals surface area (Å²) in [6.45, 7) is 0. The molecule has 0 fully saturated rings. The number of anilines is 2. The van der Waals surface area contributed by atoms with Gasteiger partial charge in [0, 0.05) is 18.2 Å². The second kappa shape index (κ2) is 6.78. The molecule has 1 unspecified atom stereocenters. The number of benzene rings is 2. The minimum atomic E-state index is -4.32. The first-order valence-corrected chi connectivity index (χ1v) is 7.78. The van der Waals surface area contributed by atoms with Crippen LogP contribution in [0, 0.1) is 10.1 Å². The maximum Gasteiger partial charge on any atom is 0.449 e. The number of nitro groups is 1. The number of rotatable bonds is 5. The molecule has 2 aromatic carbocycles. The summed E-state index contributed by atoms with van der Waals surface area (Å²) < 4.78 is 27.2. The van der Waals surface area contributed by atoms with Crippen molar-refractivity contribution in [2.24, 2.45) is 16.1 Å². The van der Waals surface area contributed by atoms with E-state index in [4.69, 9.17) is 17.4 Å². The van der Waals surface area contributed by atoms with Crippen LogP contribution in [0.15, 0.2) is 45.5 Å². The third-order valence-electron chi connectivity index (χ3n) is 2.99. The third-order valence-corrected chi connectivity index (χ3v) is 4.14. The Labute approximate surface area is 141 Å². The molecule has 0 amide bonds. The average Bonchev–Trinajstić information content (AvgIpc) is 2.54. The van der Waals surface area contributed by atoms with Gasteiger partial charge in [0.05, 0.1) is 20.9 Å². The number of phenolic OH excluding ortho intramolecular Hbond substituents is 1. The maximum atomic E-state index is 11.7. The lowest BCUT2D eigenvalue weighted by Crippen LogP contribution is -2.18. The van der Waals surface area contributed by atoms with Gasteiger partial charge in [-0.1, -0.05) is 0 Å². The van der Waals surface area contributed by atoms with Crippen LogP contribution in [0.1, 0.15) is 0 Å². The Morgan fingerprint density at radius 1 is 1.12 bits per heavy atom. The number of hydrogen-bond donors (Lipinski definition) is 4. The van der Waals surface area contributed by atoms with Gasteiger partial charge in [0.1, 0.15) is 17.1 Å². The van der Waals surface area contributed by atoms with Crippen molar-refractivity contribution in [1.29, 1.82) is 0 Å². The average molecular weight is 368 g/mol. The number of nitrogens with two attached hydrogens (primary N) is 3. The van der Waals surface area contributed by atoms with Crippen molar-refractivity contribution < 1.29 is 23.1 Å². The quantitative estimate of drug-likeness (QED) is 0.200. The van der Waals surface area contributed by atoms with E-state index in [1.54, 1.807) is 0 Å². The Hall–Kier alpha value is -3.13. The summed E-state index contributed by atoms with van der Waals surface area (Å²) in [5, 5.41) is 27.7. The summed E-state index contributed by atoms with van der Waals surface area (Å²) in [5.74, 6) is 4.33. The highest BCUT2D eigenvalue weighted by Crippen LogP contribution is 2.36. The monoisotopic (exact) mass is 368 g/mol. The first-order valence-electron chi connectivity index (χ1n) is 6.37. The Bertz CT molecular complexity index is 917. The Morgan fingerprint density at radius 3 is 2.36 bits per heavy atom. The van der Waals surface area contributed by atoms with Crippen LogP contribution in [0.25, 0.3) is 0 Å². The lowest BCUT2D eigenvalue weighted by atomic mass is 10.2. The standard InChI is InChI=1S/C12H12N6O6S/c13-7-4-8(14)12(25(22,23)24-15)5-9(7)16-17-10-3-6(18(20)21)1-2-11(10)19/h1-5,19H,13-15H2/q+1. The molecule has 0 bridgehead atoms. The normalized spacial score (nSPS) is 13.7. The molecule has 2 rings (SSSR count). The topological polar surface area (TPSA) is 212 Å². The molecule has 7 N–H and O–H groups in total. The van der Waals surface area contributed by atoms with Crippen molar-refractivity contribution in [3.63, 3.8) is 0 Å². The van der Waals surface area contributed by atoms with E-state index in [9.17, 15) is 24.0 Å². The summed E-state index contributed by atoms with van der Waals surface area (Å²) in [7, 11) is -4.32. The first kappa shape index (κ1) is 18.2. The fourth-order valence-electron chi connectivity index (χ4n) is 1.77. The van der Waals surface area contributed by atoms with Crippen molar-refractivity contribution in [2.45, 2.75) is 4.90 Å². The first-order chi connectivity index (χ1) is 11.7. The molecule has 0 aromatic heterocycles. The number of hydrogen-bond acceptors (Lipinski definition) is 10. The van der Waals surface area contributed by atoms with E-state index in [1.165, 1.54) is 0 Å². The molecule has 1 atom stereocenters. The van der Waals surface area contributed by atoms with E-state index in [1.807, 2.05) is 0 Å². The molecule has 2 aromatic rings. The van der Waals surface area contributed by atoms with Gasteiger partial charge in [0.25, 0.3) is 10.6 Å². The molecular weight excluding hydrogens is 356 g/mol. The molecule has 0 heterocycles. The number of azo groups is 1. The van der Waals surface area contributed by atoms with Crippen LogP contribution in [0.4, 0.5) is 28.4 Å². The second-order valence-corrected chi connectivity index (χ2v) is 6.17. The Balaban J connectivity index is 2.49. The zero-order valence-electron chi connectivity index (χ0n) is 12.4. The molecule has 1 radical (unpaired) electrons. The van der Waals surface area contributed by atoms with Crippen molar-refractivity contribution in [1.82, 2.24) is 0 Å². The largest absolute Gasteiger partial charge is 0.506 e. The summed E-state index contributed by atoms with van der Waals surface area (Å²) in [6.07, 6.45) is 0. The highest BCUT2D eigenvalue weighted by molar-refractivity contribution is 7.93. The van der Waals surface area contributed by atoms with Crippen LogP contribution < -0.4 is 17.4 Å². The molecule has 0 aliphatic carbocycles. The molecule has 0 aliphatic rings. The summed E-state index contributed by atoms with van der Waals surface area (Å²) in [4.78, 5) is 9.58. The molecule has 13 heteroatoms. The lowest BCUT2D eigenvalue weighted by molar-refractivity contribution is -0.384. The van der Waals surface area contributed by atoms with Crippen LogP contribution in [-0.2, 0) is 23.5 Å². The van der Waals surface area contributed by atoms with Crippen LogP contribution in [0.3, 0.4) is 0 Å². The van der Waals surface area contributed by atoms with Crippen molar-refractivity contribution in [2.75, 3.05) is 11.5 Å². The van der Waals surface area contributed by atoms with E-state index >= 15 is 0 Å². The number of nitrogens with zero attached hydrogens (tertiary/aromatic N) is 3. The SMILES string of the molecule is NO[S+]([O])(=O)c1cc(N=Nc2cc([N+](=O)[O-])ccc2O)c(N)cc1N. The molecule has 25 heavy (non-hydrogen) atoms. The van der Waals surface area contributed by atoms with Crippen LogP contribution in [0.2, 0.25) is 0 Å². The fraction of sp³-hybridized carbons (Fsp3) is 0. The number of nitrogen functional groups attached to an aromatic ring is 2. The van der Waals surface area contributed by atoms with E-state index in [0.29, 0.717) is 0 Å². The molecular formula is C12H12N6O6S+. The van der Waals surface area contributed by atoms with Gasteiger partial charge in [0.2, 0.25) is 0 Å². The van der Waals surface area contributed by atoms with E-state index < -0.39 is 20.3 Å². The second-order valence-electron chi connectivity index (χ2n) is 4.63.